The summed E-state index contributed by atoms with van der Waals surface area (Å²) in [7, 11) is 0. The fraction of sp³-hybridized carbons (Fsp3) is 0.333. The highest BCUT2D eigenvalue weighted by atomic mass is 35.5. The Morgan fingerprint density at radius 3 is 2.88 bits per heavy atom. The second-order valence-electron chi connectivity index (χ2n) is 3.94. The molecule has 0 radical (unpaired) electrons. The third-order valence-corrected chi connectivity index (χ3v) is 3.63. The number of halogens is 2. The molecule has 1 amide bonds. The SMILES string of the molecule is C#CC1CC(=O)N(c2ncc(Cl)c(C)c2Cl)C1. The van der Waals surface area contributed by atoms with Gasteiger partial charge in [0, 0.05) is 25.1 Å². The summed E-state index contributed by atoms with van der Waals surface area (Å²) in [5, 5.41) is 0.891. The van der Waals surface area contributed by atoms with Gasteiger partial charge in [-0.05, 0) is 12.5 Å². The molecule has 0 aliphatic carbocycles. The van der Waals surface area contributed by atoms with Crippen LogP contribution in [0.3, 0.4) is 0 Å². The highest BCUT2D eigenvalue weighted by Gasteiger charge is 2.31. The zero-order chi connectivity index (χ0) is 12.6. The molecular weight excluding hydrogens is 259 g/mol. The number of rotatable bonds is 1. The van der Waals surface area contributed by atoms with E-state index < -0.39 is 0 Å². The number of amides is 1. The van der Waals surface area contributed by atoms with E-state index in [9.17, 15) is 4.79 Å². The first-order chi connectivity index (χ1) is 8.04. The van der Waals surface area contributed by atoms with Crippen molar-refractivity contribution in [2.75, 3.05) is 11.4 Å². The lowest BCUT2D eigenvalue weighted by atomic mass is 10.1. The van der Waals surface area contributed by atoms with Crippen LogP contribution in [0, 0.1) is 25.2 Å². The Bertz CT molecular complexity index is 522. The first-order valence-electron chi connectivity index (χ1n) is 5.11. The van der Waals surface area contributed by atoms with Crippen LogP contribution in [0.15, 0.2) is 6.20 Å². The predicted molar refractivity (Wildman–Crippen MR) is 68.3 cm³/mol. The molecule has 1 aromatic rings. The van der Waals surface area contributed by atoms with Gasteiger partial charge in [0.2, 0.25) is 5.91 Å². The summed E-state index contributed by atoms with van der Waals surface area (Å²) in [6, 6.07) is 0. The van der Waals surface area contributed by atoms with Crippen LogP contribution in [0.4, 0.5) is 5.82 Å². The number of anilines is 1. The highest BCUT2D eigenvalue weighted by molar-refractivity contribution is 6.37. The van der Waals surface area contributed by atoms with Crippen molar-refractivity contribution in [3.8, 4) is 12.3 Å². The third-order valence-electron chi connectivity index (χ3n) is 2.80. The number of carbonyl (C=O) groups is 1. The molecule has 1 fully saturated rings. The van der Waals surface area contributed by atoms with Crippen LogP contribution < -0.4 is 4.90 Å². The Balaban J connectivity index is 2.40. The van der Waals surface area contributed by atoms with Gasteiger partial charge in [0.25, 0.3) is 0 Å². The second-order valence-corrected chi connectivity index (χ2v) is 4.73. The molecule has 1 aliphatic heterocycles. The molecule has 1 unspecified atom stereocenters. The van der Waals surface area contributed by atoms with Gasteiger partial charge in [0.05, 0.1) is 10.0 Å². The quantitative estimate of drug-likeness (QED) is 0.734. The Hall–Kier alpha value is -1.24. The van der Waals surface area contributed by atoms with Crippen molar-refractivity contribution in [1.29, 1.82) is 0 Å². The third kappa shape index (κ3) is 2.11. The summed E-state index contributed by atoms with van der Waals surface area (Å²) in [5.74, 6) is 2.90. The average Bonchev–Trinajstić information content (AvgIpc) is 2.68. The van der Waals surface area contributed by atoms with E-state index in [0.29, 0.717) is 28.8 Å². The molecule has 0 bridgehead atoms. The second kappa shape index (κ2) is 4.56. The summed E-state index contributed by atoms with van der Waals surface area (Å²) in [5.41, 5.74) is 0.718. The Morgan fingerprint density at radius 2 is 2.29 bits per heavy atom. The molecule has 0 spiro atoms. The van der Waals surface area contributed by atoms with Crippen molar-refractivity contribution >= 4 is 34.9 Å². The molecule has 0 saturated carbocycles. The Labute approximate surface area is 110 Å². The summed E-state index contributed by atoms with van der Waals surface area (Å²) in [4.78, 5) is 17.4. The lowest BCUT2D eigenvalue weighted by Crippen LogP contribution is -2.26. The summed E-state index contributed by atoms with van der Waals surface area (Å²) in [6.07, 6.45) is 7.16. The molecule has 1 saturated heterocycles. The monoisotopic (exact) mass is 268 g/mol. The van der Waals surface area contributed by atoms with E-state index in [-0.39, 0.29) is 11.8 Å². The lowest BCUT2D eigenvalue weighted by Gasteiger charge is -2.17. The van der Waals surface area contributed by atoms with Crippen molar-refractivity contribution in [3.05, 3.63) is 21.8 Å². The van der Waals surface area contributed by atoms with Crippen molar-refractivity contribution < 1.29 is 4.79 Å². The number of carbonyl (C=O) groups excluding carboxylic acids is 1. The van der Waals surface area contributed by atoms with Gasteiger partial charge < -0.3 is 0 Å². The standard InChI is InChI=1S/C12H10Cl2N2O/c1-3-8-4-10(17)16(6-8)12-11(14)7(2)9(13)5-15-12/h1,5,8H,4,6H2,2H3. The van der Waals surface area contributed by atoms with Gasteiger partial charge in [-0.1, -0.05) is 23.2 Å². The van der Waals surface area contributed by atoms with Gasteiger partial charge >= 0.3 is 0 Å². The summed E-state index contributed by atoms with van der Waals surface area (Å²) < 4.78 is 0. The molecule has 0 aromatic carbocycles. The molecule has 17 heavy (non-hydrogen) atoms. The van der Waals surface area contributed by atoms with Crippen molar-refractivity contribution in [3.63, 3.8) is 0 Å². The van der Waals surface area contributed by atoms with Crippen molar-refractivity contribution in [2.45, 2.75) is 13.3 Å². The Kier molecular flexibility index (Phi) is 3.28. The van der Waals surface area contributed by atoms with Gasteiger partial charge in [0.15, 0.2) is 5.82 Å². The van der Waals surface area contributed by atoms with Crippen LogP contribution in [0.2, 0.25) is 10.0 Å². The highest BCUT2D eigenvalue weighted by Crippen LogP contribution is 2.34. The van der Waals surface area contributed by atoms with E-state index in [1.807, 2.05) is 0 Å². The maximum absolute atomic E-state index is 11.8. The van der Waals surface area contributed by atoms with Crippen LogP contribution in [0.5, 0.6) is 0 Å². The first-order valence-corrected chi connectivity index (χ1v) is 5.87. The molecule has 5 heteroatoms. The zero-order valence-corrected chi connectivity index (χ0v) is 10.7. The maximum atomic E-state index is 11.8. The number of nitrogens with zero attached hydrogens (tertiary/aromatic N) is 2. The lowest BCUT2D eigenvalue weighted by molar-refractivity contribution is -0.117. The van der Waals surface area contributed by atoms with Gasteiger partial charge in [0.1, 0.15) is 0 Å². The largest absolute Gasteiger partial charge is 0.294 e. The Morgan fingerprint density at radius 1 is 1.59 bits per heavy atom. The smallest absolute Gasteiger partial charge is 0.229 e. The minimum absolute atomic E-state index is 0.0518. The minimum atomic E-state index is -0.0728. The van der Waals surface area contributed by atoms with E-state index in [0.717, 1.165) is 5.56 Å². The molecule has 2 heterocycles. The van der Waals surface area contributed by atoms with Gasteiger partial charge in [-0.2, -0.15) is 0 Å². The summed E-state index contributed by atoms with van der Waals surface area (Å²) >= 11 is 12.0. The minimum Gasteiger partial charge on any atom is -0.294 e. The van der Waals surface area contributed by atoms with Crippen molar-refractivity contribution in [1.82, 2.24) is 4.98 Å². The van der Waals surface area contributed by atoms with Crippen LogP contribution in [-0.4, -0.2) is 17.4 Å². The molecule has 1 aromatic heterocycles. The van der Waals surface area contributed by atoms with Gasteiger partial charge in [-0.25, -0.2) is 4.98 Å². The maximum Gasteiger partial charge on any atom is 0.229 e. The predicted octanol–water partition coefficient (Wildman–Crippen LogP) is 2.68. The number of hydrogen-bond acceptors (Lipinski definition) is 2. The number of terminal acetylenes is 1. The molecule has 1 atom stereocenters. The zero-order valence-electron chi connectivity index (χ0n) is 9.20. The van der Waals surface area contributed by atoms with Gasteiger partial charge in [-0.3, -0.25) is 9.69 Å². The normalized spacial score (nSPS) is 19.5. The van der Waals surface area contributed by atoms with E-state index in [2.05, 4.69) is 10.9 Å². The van der Waals surface area contributed by atoms with E-state index in [4.69, 9.17) is 29.6 Å². The van der Waals surface area contributed by atoms with Crippen LogP contribution in [-0.2, 0) is 4.79 Å². The van der Waals surface area contributed by atoms with E-state index in [1.54, 1.807) is 6.92 Å². The molecular formula is C12H10Cl2N2O. The number of aromatic nitrogens is 1. The number of pyridine rings is 1. The number of hydrogen-bond donors (Lipinski definition) is 0. The first kappa shape index (κ1) is 12.2. The molecule has 88 valence electrons. The topological polar surface area (TPSA) is 33.2 Å². The fourth-order valence-electron chi connectivity index (χ4n) is 1.76. The van der Waals surface area contributed by atoms with Crippen LogP contribution in [0.25, 0.3) is 0 Å². The molecule has 0 N–H and O–H groups in total. The molecule has 2 rings (SSSR count). The average molecular weight is 269 g/mol. The van der Waals surface area contributed by atoms with Crippen LogP contribution in [0.1, 0.15) is 12.0 Å². The van der Waals surface area contributed by atoms with Gasteiger partial charge in [-0.15, -0.1) is 12.3 Å². The summed E-state index contributed by atoms with van der Waals surface area (Å²) in [6.45, 7) is 2.25. The van der Waals surface area contributed by atoms with E-state index >= 15 is 0 Å². The van der Waals surface area contributed by atoms with E-state index in [1.165, 1.54) is 11.1 Å². The molecule has 1 aliphatic rings. The fourth-order valence-corrected chi connectivity index (χ4v) is 2.20. The van der Waals surface area contributed by atoms with Crippen molar-refractivity contribution in [2.24, 2.45) is 5.92 Å². The van der Waals surface area contributed by atoms with Crippen LogP contribution >= 0.6 is 23.2 Å². The molecule has 3 nitrogen and oxygen atoms in total.